The van der Waals surface area contributed by atoms with Crippen LogP contribution in [0.4, 0.5) is 5.69 Å². The number of amides is 2. The molecule has 3 aromatic rings. The summed E-state index contributed by atoms with van der Waals surface area (Å²) in [6.07, 6.45) is 6.25. The smallest absolute Gasteiger partial charge is 0.244 e. The fraction of sp³-hybridized carbons (Fsp3) is 0.375. The summed E-state index contributed by atoms with van der Waals surface area (Å²) < 4.78 is 26.9. The van der Waals surface area contributed by atoms with Crippen molar-refractivity contribution in [1.29, 1.82) is 0 Å². The van der Waals surface area contributed by atoms with E-state index in [0.717, 1.165) is 53.8 Å². The number of hydrogen-bond donors (Lipinski definition) is 1. The standard InChI is InChI=1S/C32H37Cl2N3O4S/c1-23-16-18-26(19-17-23)37(42(2,40)41)22-31(38)36(21-27-28(33)14-9-15-29(27)34)30(20-24-10-5-3-6-11-24)32(39)35-25-12-7-4-8-13-25/h3,5-6,9-11,14-19,25,30H,4,7-8,12-13,20-22H2,1-2H3,(H,35,39). The van der Waals surface area contributed by atoms with Crippen molar-refractivity contribution in [2.45, 2.75) is 64.1 Å². The first-order valence-electron chi connectivity index (χ1n) is 14.1. The van der Waals surface area contributed by atoms with Gasteiger partial charge in [0.25, 0.3) is 0 Å². The van der Waals surface area contributed by atoms with Crippen molar-refractivity contribution < 1.29 is 18.0 Å². The van der Waals surface area contributed by atoms with Crippen LogP contribution in [0.2, 0.25) is 10.0 Å². The third-order valence-electron chi connectivity index (χ3n) is 7.61. The van der Waals surface area contributed by atoms with Crippen molar-refractivity contribution in [3.8, 4) is 0 Å². The number of sulfonamides is 1. The molecule has 224 valence electrons. The molecule has 0 spiro atoms. The predicted octanol–water partition coefficient (Wildman–Crippen LogP) is 6.16. The van der Waals surface area contributed by atoms with Gasteiger partial charge in [-0.15, -0.1) is 0 Å². The number of carbonyl (C=O) groups is 2. The van der Waals surface area contributed by atoms with Crippen LogP contribution in [0, 0.1) is 6.92 Å². The zero-order chi connectivity index (χ0) is 30.3. The van der Waals surface area contributed by atoms with Gasteiger partial charge in [-0.1, -0.05) is 96.6 Å². The zero-order valence-electron chi connectivity index (χ0n) is 23.9. The average Bonchev–Trinajstić information content (AvgIpc) is 2.96. The molecule has 1 N–H and O–H groups in total. The van der Waals surface area contributed by atoms with Gasteiger partial charge in [0.2, 0.25) is 21.8 Å². The van der Waals surface area contributed by atoms with Crippen molar-refractivity contribution in [3.05, 3.63) is 99.5 Å². The van der Waals surface area contributed by atoms with Crippen molar-refractivity contribution in [1.82, 2.24) is 10.2 Å². The highest BCUT2D eigenvalue weighted by atomic mass is 35.5. The van der Waals surface area contributed by atoms with Gasteiger partial charge in [-0.3, -0.25) is 13.9 Å². The summed E-state index contributed by atoms with van der Waals surface area (Å²) in [5.41, 5.74) is 2.66. The minimum atomic E-state index is -3.84. The van der Waals surface area contributed by atoms with E-state index in [9.17, 15) is 18.0 Å². The molecule has 1 saturated carbocycles. The SMILES string of the molecule is Cc1ccc(N(CC(=O)N(Cc2c(Cl)cccc2Cl)C(Cc2ccccc2)C(=O)NC2CCCCC2)S(C)(=O)=O)cc1. The molecule has 7 nitrogen and oxygen atoms in total. The molecule has 1 unspecified atom stereocenters. The van der Waals surface area contributed by atoms with E-state index in [2.05, 4.69) is 5.32 Å². The molecule has 3 aromatic carbocycles. The second-order valence-corrected chi connectivity index (χ2v) is 13.6. The van der Waals surface area contributed by atoms with Gasteiger partial charge in [-0.05, 0) is 49.6 Å². The van der Waals surface area contributed by atoms with Crippen molar-refractivity contribution in [2.75, 3.05) is 17.1 Å². The first kappa shape index (κ1) is 31.9. The van der Waals surface area contributed by atoms with Crippen LogP contribution >= 0.6 is 23.2 Å². The number of halogens is 2. The molecule has 0 radical (unpaired) electrons. The molecule has 0 saturated heterocycles. The number of nitrogens with one attached hydrogen (secondary N) is 1. The van der Waals surface area contributed by atoms with Gasteiger partial charge in [0.15, 0.2) is 0 Å². The van der Waals surface area contributed by atoms with E-state index >= 15 is 0 Å². The summed E-state index contributed by atoms with van der Waals surface area (Å²) in [4.78, 5) is 29.7. The quantitative estimate of drug-likeness (QED) is 0.275. The Balaban J connectivity index is 1.75. The molecule has 10 heteroatoms. The van der Waals surface area contributed by atoms with Gasteiger partial charge >= 0.3 is 0 Å². The molecule has 1 aliphatic carbocycles. The van der Waals surface area contributed by atoms with Crippen LogP contribution < -0.4 is 9.62 Å². The molecule has 0 aliphatic heterocycles. The predicted molar refractivity (Wildman–Crippen MR) is 169 cm³/mol. The Hall–Kier alpha value is -3.07. The van der Waals surface area contributed by atoms with Gasteiger partial charge < -0.3 is 10.2 Å². The van der Waals surface area contributed by atoms with E-state index in [-0.39, 0.29) is 24.9 Å². The highest BCUT2D eigenvalue weighted by Gasteiger charge is 2.34. The van der Waals surface area contributed by atoms with E-state index in [1.807, 2.05) is 37.3 Å². The van der Waals surface area contributed by atoms with Crippen molar-refractivity contribution in [2.24, 2.45) is 0 Å². The van der Waals surface area contributed by atoms with Gasteiger partial charge in [-0.25, -0.2) is 8.42 Å². The molecular formula is C32H37Cl2N3O4S. The lowest BCUT2D eigenvalue weighted by Crippen LogP contribution is -2.55. The summed E-state index contributed by atoms with van der Waals surface area (Å²) in [7, 11) is -3.84. The maximum Gasteiger partial charge on any atom is 0.244 e. The highest BCUT2D eigenvalue weighted by molar-refractivity contribution is 7.92. The lowest BCUT2D eigenvalue weighted by atomic mass is 9.94. The number of aryl methyl sites for hydroxylation is 1. The molecule has 1 atom stereocenters. The number of benzene rings is 3. The fourth-order valence-electron chi connectivity index (χ4n) is 5.28. The van der Waals surface area contributed by atoms with Crippen LogP contribution in [-0.2, 0) is 32.6 Å². The lowest BCUT2D eigenvalue weighted by molar-refractivity contribution is -0.140. The first-order valence-corrected chi connectivity index (χ1v) is 16.7. The Labute approximate surface area is 258 Å². The highest BCUT2D eigenvalue weighted by Crippen LogP contribution is 2.28. The number of anilines is 1. The van der Waals surface area contributed by atoms with E-state index in [4.69, 9.17) is 23.2 Å². The molecule has 2 amide bonds. The van der Waals surface area contributed by atoms with Crippen molar-refractivity contribution in [3.63, 3.8) is 0 Å². The number of nitrogens with zero attached hydrogens (tertiary/aromatic N) is 2. The monoisotopic (exact) mass is 629 g/mol. The summed E-state index contributed by atoms with van der Waals surface area (Å²) in [5.74, 6) is -0.833. The van der Waals surface area contributed by atoms with Crippen LogP contribution in [0.5, 0.6) is 0 Å². The molecule has 1 aliphatic rings. The minimum absolute atomic E-state index is 0.0189. The Morgan fingerprint density at radius 1 is 0.905 bits per heavy atom. The molecule has 4 rings (SSSR count). The molecule has 0 heterocycles. The topological polar surface area (TPSA) is 86.8 Å². The second kappa shape index (κ2) is 14.4. The first-order chi connectivity index (χ1) is 20.0. The van der Waals surface area contributed by atoms with Crippen molar-refractivity contribution >= 4 is 50.7 Å². The minimum Gasteiger partial charge on any atom is -0.352 e. The number of hydrogen-bond acceptors (Lipinski definition) is 4. The largest absolute Gasteiger partial charge is 0.352 e. The van der Waals surface area contributed by atoms with Gasteiger partial charge in [0, 0.05) is 34.6 Å². The normalized spacial score (nSPS) is 14.7. The Bertz CT molecular complexity index is 1460. The third kappa shape index (κ3) is 8.49. The number of rotatable bonds is 11. The molecule has 0 bridgehead atoms. The molecular weight excluding hydrogens is 593 g/mol. The van der Waals surface area contributed by atoms with Crippen LogP contribution in [-0.4, -0.2) is 50.0 Å². The van der Waals surface area contributed by atoms with E-state index < -0.39 is 28.5 Å². The summed E-state index contributed by atoms with van der Waals surface area (Å²) >= 11 is 13.1. The summed E-state index contributed by atoms with van der Waals surface area (Å²) in [6.45, 7) is 1.33. The second-order valence-electron chi connectivity index (χ2n) is 10.9. The van der Waals surface area contributed by atoms with E-state index in [0.29, 0.717) is 21.3 Å². The van der Waals surface area contributed by atoms with Crippen LogP contribution in [0.15, 0.2) is 72.8 Å². The van der Waals surface area contributed by atoms with Crippen LogP contribution in [0.1, 0.15) is 48.8 Å². The molecule has 1 fully saturated rings. The summed E-state index contributed by atoms with van der Waals surface area (Å²) in [5, 5.41) is 3.88. The van der Waals surface area contributed by atoms with Crippen LogP contribution in [0.25, 0.3) is 0 Å². The number of carbonyl (C=O) groups excluding carboxylic acids is 2. The third-order valence-corrected chi connectivity index (χ3v) is 9.46. The molecule has 42 heavy (non-hydrogen) atoms. The Morgan fingerprint density at radius 3 is 2.12 bits per heavy atom. The Kier molecular flexibility index (Phi) is 10.9. The van der Waals surface area contributed by atoms with E-state index in [1.165, 1.54) is 4.90 Å². The fourth-order valence-corrected chi connectivity index (χ4v) is 6.64. The average molecular weight is 631 g/mol. The lowest BCUT2D eigenvalue weighted by Gasteiger charge is -2.35. The van der Waals surface area contributed by atoms with E-state index in [1.54, 1.807) is 42.5 Å². The van der Waals surface area contributed by atoms with Crippen LogP contribution in [0.3, 0.4) is 0 Å². The maximum atomic E-state index is 14.2. The summed E-state index contributed by atoms with van der Waals surface area (Å²) in [6, 6.07) is 20.5. The van der Waals surface area contributed by atoms with Gasteiger partial charge in [0.05, 0.1) is 11.9 Å². The zero-order valence-corrected chi connectivity index (χ0v) is 26.3. The van der Waals surface area contributed by atoms with Gasteiger partial charge in [-0.2, -0.15) is 0 Å². The Morgan fingerprint density at radius 2 is 1.52 bits per heavy atom. The van der Waals surface area contributed by atoms with Gasteiger partial charge in [0.1, 0.15) is 12.6 Å². The maximum absolute atomic E-state index is 14.2. The molecule has 0 aromatic heterocycles.